The van der Waals surface area contributed by atoms with Crippen LogP contribution in [0.2, 0.25) is 33.2 Å². The Balaban J connectivity index is 4.21. The van der Waals surface area contributed by atoms with Crippen molar-refractivity contribution in [2.75, 3.05) is 12.1 Å². The molecule has 0 aliphatic rings. The van der Waals surface area contributed by atoms with E-state index in [1.54, 1.807) is 0 Å². The van der Waals surface area contributed by atoms with Crippen molar-refractivity contribution < 1.29 is 9.53 Å². The van der Waals surface area contributed by atoms with E-state index in [9.17, 15) is 4.79 Å². The first-order valence-electron chi connectivity index (χ1n) is 12.6. The van der Waals surface area contributed by atoms with E-state index in [0.717, 1.165) is 16.8 Å². The minimum Gasteiger partial charge on any atom is -0.465 e. The van der Waals surface area contributed by atoms with Crippen molar-refractivity contribution in [2.45, 2.75) is 123 Å². The van der Waals surface area contributed by atoms with E-state index >= 15 is 0 Å². The molecule has 0 saturated carbocycles. The van der Waals surface area contributed by atoms with E-state index in [0.29, 0.717) is 33.2 Å². The van der Waals surface area contributed by atoms with E-state index in [1.807, 2.05) is 6.92 Å². The highest BCUT2D eigenvalue weighted by Crippen LogP contribution is 2.46. The maximum atomic E-state index is 13.2. The van der Waals surface area contributed by atoms with Crippen LogP contribution in [-0.2, 0) is 4.74 Å². The van der Waals surface area contributed by atoms with Crippen molar-refractivity contribution >= 4 is 33.2 Å². The van der Waals surface area contributed by atoms with E-state index in [2.05, 4.69) is 100 Å². The van der Waals surface area contributed by atoms with Gasteiger partial charge in [0.05, 0.1) is 20.7 Å². The number of benzene rings is 1. The van der Waals surface area contributed by atoms with E-state index in [4.69, 9.17) is 4.74 Å². The molecule has 0 radical (unpaired) electrons. The van der Waals surface area contributed by atoms with Crippen molar-refractivity contribution in [2.24, 2.45) is 0 Å². The van der Waals surface area contributed by atoms with Gasteiger partial charge in [0, 0.05) is 5.69 Å². The highest BCUT2D eigenvalue weighted by Gasteiger charge is 2.49. The largest absolute Gasteiger partial charge is 0.465 e. The van der Waals surface area contributed by atoms with Gasteiger partial charge in [0.25, 0.3) is 0 Å². The zero-order valence-corrected chi connectivity index (χ0v) is 25.4. The van der Waals surface area contributed by atoms with Crippen molar-refractivity contribution in [3.05, 3.63) is 23.3 Å². The summed E-state index contributed by atoms with van der Waals surface area (Å²) in [5.41, 5.74) is 6.14. The smallest absolute Gasteiger partial charge is 0.340 e. The molecule has 0 saturated heterocycles. The summed E-state index contributed by atoms with van der Waals surface area (Å²) in [6, 6.07) is 4.52. The quantitative estimate of drug-likeness (QED) is 0.272. The lowest BCUT2D eigenvalue weighted by molar-refractivity contribution is 0.0601. The third kappa shape index (κ3) is 4.75. The second-order valence-corrected chi connectivity index (χ2v) is 23.0. The Morgan fingerprint density at radius 3 is 1.47 bits per heavy atom. The molecular formula is C27H51NO2Si2. The van der Waals surface area contributed by atoms with Gasteiger partial charge < -0.3 is 9.72 Å². The van der Waals surface area contributed by atoms with Gasteiger partial charge in [-0.25, -0.2) is 4.79 Å². The summed E-state index contributed by atoms with van der Waals surface area (Å²) in [7, 11) is -2.54. The van der Waals surface area contributed by atoms with Crippen molar-refractivity contribution in [1.82, 2.24) is 0 Å². The molecule has 0 spiro atoms. The number of hydrogen-bond donors (Lipinski definition) is 1. The summed E-state index contributed by atoms with van der Waals surface area (Å²) in [6.07, 6.45) is 0. The number of hydrogen-bond acceptors (Lipinski definition) is 3. The third-order valence-electron chi connectivity index (χ3n) is 8.34. The van der Waals surface area contributed by atoms with E-state index in [-0.39, 0.29) is 5.97 Å². The molecule has 3 nitrogen and oxygen atoms in total. The summed E-state index contributed by atoms with van der Waals surface area (Å²) in [5.74, 6) is -0.217. The summed E-state index contributed by atoms with van der Waals surface area (Å²) >= 11 is 0. The Labute approximate surface area is 201 Å². The number of carbonyl (C=O) groups is 1. The number of carbonyl (C=O) groups excluding carboxylic acids is 1. The van der Waals surface area contributed by atoms with Crippen molar-refractivity contribution in [1.29, 1.82) is 0 Å². The van der Waals surface area contributed by atoms with Gasteiger partial charge in [0.15, 0.2) is 8.24 Å². The second-order valence-electron chi connectivity index (χ2n) is 11.6. The SMILES string of the molecule is COC(=O)c1c(C)ccc([Si](C(C)C)(C(C)C)C(C)C)[13c]1N[Si](C(C)C)(C(C)C)C(C)C. The third-order valence-corrected chi connectivity index (χ3v) is 21.8. The molecule has 0 heterocycles. The summed E-state index contributed by atoms with van der Waals surface area (Å²) in [5, 5.41) is 1.42. The Bertz CT molecular complexity index is 739. The van der Waals surface area contributed by atoms with E-state index in [1.165, 1.54) is 12.3 Å². The minimum absolute atomic E-state index is 0.217. The van der Waals surface area contributed by atoms with Crippen LogP contribution < -0.4 is 10.2 Å². The first-order valence-corrected chi connectivity index (χ1v) is 17.1. The average Bonchev–Trinajstić information content (AvgIpc) is 2.65. The lowest BCUT2D eigenvalue weighted by Gasteiger charge is -2.49. The van der Waals surface area contributed by atoms with Crippen LogP contribution in [0, 0.1) is 6.92 Å². The molecule has 32 heavy (non-hydrogen) atoms. The van der Waals surface area contributed by atoms with Gasteiger partial charge in [-0.2, -0.15) is 0 Å². The fraction of sp³-hybridized carbons (Fsp3) is 0.741. The molecule has 1 aromatic rings. The Kier molecular flexibility index (Phi) is 9.86. The number of anilines is 1. The normalized spacial score (nSPS) is 13.2. The van der Waals surface area contributed by atoms with Gasteiger partial charge in [-0.15, -0.1) is 0 Å². The van der Waals surface area contributed by atoms with Crippen LogP contribution in [0.5, 0.6) is 0 Å². The molecule has 0 aliphatic carbocycles. The zero-order chi connectivity index (χ0) is 25.2. The van der Waals surface area contributed by atoms with Gasteiger partial charge in [-0.1, -0.05) is 95.2 Å². The zero-order valence-electron chi connectivity index (χ0n) is 23.4. The van der Waals surface area contributed by atoms with Crippen LogP contribution in [-0.4, -0.2) is 29.4 Å². The molecule has 0 aromatic heterocycles. The molecule has 1 N–H and O–H groups in total. The lowest BCUT2D eigenvalue weighted by atomic mass is 10.2. The molecule has 1 aromatic carbocycles. The maximum absolute atomic E-state index is 13.2. The molecule has 0 unspecified atom stereocenters. The molecule has 1 rings (SSSR count). The Hall–Kier alpha value is -1.08. The van der Waals surface area contributed by atoms with Gasteiger partial charge in [-0.3, -0.25) is 0 Å². The highest BCUT2D eigenvalue weighted by molar-refractivity contribution is 6.96. The van der Waals surface area contributed by atoms with E-state index < -0.39 is 16.3 Å². The number of rotatable bonds is 10. The number of nitrogens with one attached hydrogen (secondary N) is 1. The maximum Gasteiger partial charge on any atom is 0.340 e. The number of ether oxygens (including phenoxy) is 1. The van der Waals surface area contributed by atoms with Gasteiger partial charge in [0.1, 0.15) is 0 Å². The molecule has 0 bridgehead atoms. The summed E-state index contributed by atoms with van der Waals surface area (Å²) in [4.78, 5) is 17.4. The van der Waals surface area contributed by atoms with Crippen LogP contribution >= 0.6 is 0 Å². The predicted octanol–water partition coefficient (Wildman–Crippen LogP) is 8.25. The summed E-state index contributed by atoms with van der Waals surface area (Å²) in [6.45, 7) is 30.6. The molecule has 5 heteroatoms. The monoisotopic (exact) mass is 478 g/mol. The lowest BCUT2D eigenvalue weighted by Crippen LogP contribution is -2.59. The van der Waals surface area contributed by atoms with Crippen LogP contribution in [0.1, 0.15) is 99.0 Å². The molecule has 184 valence electrons. The minimum atomic E-state index is -2.03. The number of methoxy groups -OCH3 is 1. The molecule has 0 aliphatic heterocycles. The topological polar surface area (TPSA) is 38.3 Å². The fourth-order valence-corrected chi connectivity index (χ4v) is 19.7. The standard InChI is InChI=1S/C27H51NO2Si2/c1-17(2)31(18(3)4,19(5)6)24-16-15-23(13)25(27(29)30-14)26(24)28-32(20(7)8,21(9)10)22(11)12/h15-22,28H,1-14H3/i26+1. The fourth-order valence-electron chi connectivity index (χ4n) is 7.15. The first-order chi connectivity index (χ1) is 14.6. The van der Waals surface area contributed by atoms with Crippen molar-refractivity contribution in [3.63, 3.8) is 0 Å². The first kappa shape index (κ1) is 29.0. The van der Waals surface area contributed by atoms with Crippen molar-refractivity contribution in [3.8, 4) is 0 Å². The number of esters is 1. The molecule has 0 fully saturated rings. The second kappa shape index (κ2) is 10.9. The molecule has 0 atom stereocenters. The van der Waals surface area contributed by atoms with Crippen LogP contribution in [0.3, 0.4) is 0 Å². The van der Waals surface area contributed by atoms with Gasteiger partial charge >= 0.3 is 5.97 Å². The number of aryl methyl sites for hydroxylation is 1. The summed E-state index contributed by atoms with van der Waals surface area (Å²) < 4.78 is 5.35. The Morgan fingerprint density at radius 2 is 1.16 bits per heavy atom. The van der Waals surface area contributed by atoms with Gasteiger partial charge in [-0.05, 0) is 50.9 Å². The van der Waals surface area contributed by atoms with Crippen LogP contribution in [0.25, 0.3) is 0 Å². The van der Waals surface area contributed by atoms with Crippen LogP contribution in [0.15, 0.2) is 12.1 Å². The predicted molar refractivity (Wildman–Crippen MR) is 148 cm³/mol. The average molecular weight is 479 g/mol. The Morgan fingerprint density at radius 1 is 0.750 bits per heavy atom. The highest BCUT2D eigenvalue weighted by atomic mass is 28.3. The molecular weight excluding hydrogens is 427 g/mol. The van der Waals surface area contributed by atoms with Crippen LogP contribution in [0.4, 0.5) is 5.69 Å². The van der Waals surface area contributed by atoms with Gasteiger partial charge in [0.2, 0.25) is 0 Å². The molecule has 0 amide bonds.